The number of aromatic amines is 2. The van der Waals surface area contributed by atoms with Crippen molar-refractivity contribution in [3.05, 3.63) is 121 Å². The molecule has 40 heavy (non-hydrogen) atoms. The molecule has 0 radical (unpaired) electrons. The van der Waals surface area contributed by atoms with Gasteiger partial charge in [-0.15, -0.1) is 0 Å². The fourth-order valence-electron chi connectivity index (χ4n) is 4.39. The lowest BCUT2D eigenvalue weighted by Crippen LogP contribution is -2.04. The molecule has 1 aromatic heterocycles. The Kier molecular flexibility index (Phi) is 7.32. The number of H-pyrrole nitrogens is 2. The summed E-state index contributed by atoms with van der Waals surface area (Å²) in [5.41, 5.74) is 0.230. The maximum Gasteiger partial charge on any atom is 0.285 e. The molecule has 13 heteroatoms. The molecule has 0 aliphatic rings. The molecule has 0 aliphatic carbocycles. The van der Waals surface area contributed by atoms with E-state index in [-0.39, 0.29) is 5.48 Å². The van der Waals surface area contributed by atoms with E-state index in [4.69, 9.17) is 0 Å². The zero-order valence-corrected chi connectivity index (χ0v) is 20.4. The molecule has 0 bridgehead atoms. The van der Waals surface area contributed by atoms with Crippen molar-refractivity contribution in [3.8, 4) is 17.1 Å². The van der Waals surface area contributed by atoms with Gasteiger partial charge in [-0.2, -0.15) is 0 Å². The van der Waals surface area contributed by atoms with Crippen molar-refractivity contribution >= 4 is 49.6 Å². The van der Waals surface area contributed by atoms with Crippen LogP contribution in [0.3, 0.4) is 0 Å². The third-order valence-electron chi connectivity index (χ3n) is 6.13. The molecule has 4 N–H and O–H groups in total. The third kappa shape index (κ3) is 4.82. The molecule has 0 amide bonds. The minimum absolute atomic E-state index is 0. The average molecular weight is 541 g/mol. The summed E-state index contributed by atoms with van der Waals surface area (Å²) in [6.45, 7) is 0. The summed E-state index contributed by atoms with van der Waals surface area (Å²) in [5, 5.41) is 47.2. The number of nitrogens with one attached hydrogen (secondary N) is 2. The number of rotatable bonds is 4. The molecule has 200 valence electrons. The predicted molar refractivity (Wildman–Crippen MR) is 145 cm³/mol. The van der Waals surface area contributed by atoms with Crippen LogP contribution in [0.5, 0.6) is 5.75 Å². The molecule has 0 fully saturated rings. The van der Waals surface area contributed by atoms with Crippen molar-refractivity contribution in [2.24, 2.45) is 0 Å². The Morgan fingerprint density at radius 1 is 0.625 bits per heavy atom. The molecule has 0 saturated carbocycles. The zero-order valence-electron chi connectivity index (χ0n) is 20.4. The molecule has 0 unspecified atom stereocenters. The van der Waals surface area contributed by atoms with Gasteiger partial charge in [0.25, 0.3) is 22.9 Å². The topological polar surface area (TPSA) is 214 Å². The van der Waals surface area contributed by atoms with Gasteiger partial charge in [-0.1, -0.05) is 54.6 Å². The van der Waals surface area contributed by atoms with Crippen LogP contribution >= 0.6 is 0 Å². The average Bonchev–Trinajstić information content (AvgIpc) is 3.40. The number of hydrogen-bond donors (Lipinski definition) is 1. The summed E-state index contributed by atoms with van der Waals surface area (Å²) < 4.78 is 0. The highest BCUT2D eigenvalue weighted by Gasteiger charge is 2.24. The van der Waals surface area contributed by atoms with Crippen molar-refractivity contribution in [2.75, 3.05) is 0 Å². The van der Waals surface area contributed by atoms with Crippen LogP contribution in [0.4, 0.5) is 17.1 Å². The lowest BCUT2D eigenvalue weighted by molar-refractivity contribution is -0.420. The minimum Gasteiger partial charge on any atom is -0.863 e. The molecule has 6 rings (SSSR count). The van der Waals surface area contributed by atoms with Gasteiger partial charge in [-0.25, -0.2) is 9.97 Å². The molecule has 0 spiro atoms. The summed E-state index contributed by atoms with van der Waals surface area (Å²) in [6, 6.07) is 28.3. The van der Waals surface area contributed by atoms with Crippen LogP contribution in [0.15, 0.2) is 91.0 Å². The van der Waals surface area contributed by atoms with Gasteiger partial charge in [0.05, 0.1) is 38.2 Å². The van der Waals surface area contributed by atoms with E-state index in [1.807, 2.05) is 6.07 Å². The van der Waals surface area contributed by atoms with Gasteiger partial charge >= 0.3 is 0 Å². The molecule has 0 saturated heterocycles. The van der Waals surface area contributed by atoms with Crippen LogP contribution in [0.2, 0.25) is 0 Å². The quantitative estimate of drug-likeness (QED) is 0.190. The highest BCUT2D eigenvalue weighted by atomic mass is 16.6. The number of nitro groups is 3. The number of nitro benzene ring substituents is 3. The van der Waals surface area contributed by atoms with E-state index in [1.165, 1.54) is 21.5 Å². The van der Waals surface area contributed by atoms with Gasteiger partial charge in [0.1, 0.15) is 0 Å². The van der Waals surface area contributed by atoms with Crippen molar-refractivity contribution in [3.63, 3.8) is 0 Å². The Bertz CT molecular complexity index is 1810. The van der Waals surface area contributed by atoms with Crippen molar-refractivity contribution in [1.82, 2.24) is 4.98 Å². The SMILES string of the molecule is O.O=[N+]([O-])c1cc([N+](=O)[O-])c([O-])c([N+](=O)[O-])c1.c1ccc(-c2[nH]c3c4ccccc4c4ccccc4c3[nH+]2)cc1. The first-order valence-electron chi connectivity index (χ1n) is 11.4. The fraction of sp³-hybridized carbons (Fsp3) is 0. The number of fused-ring (bicyclic) bond motifs is 6. The van der Waals surface area contributed by atoms with Gasteiger partial charge in [0.15, 0.2) is 11.0 Å². The van der Waals surface area contributed by atoms with Crippen LogP contribution in [-0.2, 0) is 0 Å². The van der Waals surface area contributed by atoms with Crippen molar-refractivity contribution < 1.29 is 30.3 Å². The fourth-order valence-corrected chi connectivity index (χ4v) is 4.39. The van der Waals surface area contributed by atoms with Crippen LogP contribution in [-0.4, -0.2) is 25.2 Å². The lowest BCUT2D eigenvalue weighted by atomic mass is 10.0. The number of benzene rings is 5. The Hall–Kier alpha value is -5.95. The normalized spacial score (nSPS) is 10.5. The number of nitrogens with zero attached hydrogens (tertiary/aromatic N) is 3. The molecule has 5 aromatic carbocycles. The minimum atomic E-state index is -1.46. The second-order valence-corrected chi connectivity index (χ2v) is 8.42. The molecule has 13 nitrogen and oxygen atoms in total. The second-order valence-electron chi connectivity index (χ2n) is 8.42. The van der Waals surface area contributed by atoms with Gasteiger partial charge in [-0.05, 0) is 35.0 Å². The first-order valence-corrected chi connectivity index (χ1v) is 11.4. The number of non-ortho nitro benzene ring substituents is 1. The van der Waals surface area contributed by atoms with E-state index in [0.717, 1.165) is 22.4 Å². The van der Waals surface area contributed by atoms with Crippen LogP contribution in [0.1, 0.15) is 0 Å². The van der Waals surface area contributed by atoms with Crippen molar-refractivity contribution in [2.45, 2.75) is 0 Å². The Morgan fingerprint density at radius 3 is 1.62 bits per heavy atom. The Balaban J connectivity index is 0.000000194. The van der Waals surface area contributed by atoms with Gasteiger partial charge in [0, 0.05) is 10.8 Å². The first-order chi connectivity index (χ1) is 18.8. The molecular formula is C27H19N5O8. The highest BCUT2D eigenvalue weighted by Crippen LogP contribution is 2.37. The maximum atomic E-state index is 11.1. The molecule has 1 heterocycles. The summed E-state index contributed by atoms with van der Waals surface area (Å²) >= 11 is 0. The van der Waals surface area contributed by atoms with Gasteiger partial charge in [-0.3, -0.25) is 30.3 Å². The number of imidazole rings is 1. The lowest BCUT2D eigenvalue weighted by Gasteiger charge is -2.06. The van der Waals surface area contributed by atoms with Crippen LogP contribution in [0.25, 0.3) is 44.0 Å². The van der Waals surface area contributed by atoms with E-state index in [9.17, 15) is 35.4 Å². The summed E-state index contributed by atoms with van der Waals surface area (Å²) in [6.07, 6.45) is 0. The first kappa shape index (κ1) is 27.1. The standard InChI is InChI=1S/C21H14N2.C6H3N3O7.H2O/c1-2-8-14(9-3-1)21-22-19-17-12-6-4-10-15(17)16-11-5-7-13-18(16)20(19)23-21;10-6-4(8(13)14)1-3(7(11)12)2-5(6)9(15)16;/h1-13H,(H,22,23);1-2,10H;1H2. The van der Waals surface area contributed by atoms with Crippen LogP contribution < -0.4 is 10.1 Å². The largest absolute Gasteiger partial charge is 0.863 e. The summed E-state index contributed by atoms with van der Waals surface area (Å²) in [7, 11) is 0. The summed E-state index contributed by atoms with van der Waals surface area (Å²) in [5.74, 6) is -0.414. The Morgan fingerprint density at radius 2 is 1.10 bits per heavy atom. The van der Waals surface area contributed by atoms with E-state index < -0.39 is 37.6 Å². The molecular weight excluding hydrogens is 522 g/mol. The molecule has 0 atom stereocenters. The smallest absolute Gasteiger partial charge is 0.285 e. The predicted octanol–water partition coefficient (Wildman–Crippen LogP) is 4.62. The maximum absolute atomic E-state index is 11.1. The number of aromatic nitrogens is 2. The zero-order chi connectivity index (χ0) is 27.7. The monoisotopic (exact) mass is 541 g/mol. The Labute approximate surface area is 223 Å². The van der Waals surface area contributed by atoms with Crippen molar-refractivity contribution in [1.29, 1.82) is 0 Å². The van der Waals surface area contributed by atoms with E-state index >= 15 is 0 Å². The van der Waals surface area contributed by atoms with E-state index in [1.54, 1.807) is 0 Å². The number of hydrogen-bond acceptors (Lipinski definition) is 7. The van der Waals surface area contributed by atoms with Gasteiger partial charge in [0.2, 0.25) is 0 Å². The van der Waals surface area contributed by atoms with E-state index in [2.05, 4.69) is 82.8 Å². The summed E-state index contributed by atoms with van der Waals surface area (Å²) in [4.78, 5) is 34.7. The van der Waals surface area contributed by atoms with Gasteiger partial charge < -0.3 is 10.6 Å². The highest BCUT2D eigenvalue weighted by molar-refractivity contribution is 6.22. The van der Waals surface area contributed by atoms with Crippen LogP contribution in [0, 0.1) is 30.3 Å². The second kappa shape index (κ2) is 10.8. The molecule has 0 aliphatic heterocycles. The van der Waals surface area contributed by atoms with E-state index in [0.29, 0.717) is 12.1 Å². The third-order valence-corrected chi connectivity index (χ3v) is 6.13. The molecule has 6 aromatic rings.